The number of hydrogen-bond acceptors (Lipinski definition) is 3. The number of rotatable bonds is 14. The maximum Gasteiger partial charge on any atom is 0.177 e. The average molecular weight is 349 g/mol. The summed E-state index contributed by atoms with van der Waals surface area (Å²) in [5, 5.41) is 0. The Labute approximate surface area is 154 Å². The van der Waals surface area contributed by atoms with Crippen molar-refractivity contribution in [2.75, 3.05) is 6.61 Å². The van der Waals surface area contributed by atoms with Gasteiger partial charge in [0.2, 0.25) is 0 Å². The summed E-state index contributed by atoms with van der Waals surface area (Å²) in [6.45, 7) is 9.69. The molecule has 1 rings (SSSR count). The van der Waals surface area contributed by atoms with E-state index in [-0.39, 0.29) is 18.5 Å². The Morgan fingerprint density at radius 1 is 0.840 bits per heavy atom. The van der Waals surface area contributed by atoms with Gasteiger partial charge in [0.1, 0.15) is 0 Å². The van der Waals surface area contributed by atoms with Gasteiger partial charge in [-0.05, 0) is 58.6 Å². The third-order valence-corrected chi connectivity index (χ3v) is 3.63. The molecule has 0 aliphatic carbocycles. The van der Waals surface area contributed by atoms with Gasteiger partial charge in [-0.1, -0.05) is 49.2 Å². The summed E-state index contributed by atoms with van der Waals surface area (Å²) in [5.41, 5.74) is 1.24. The van der Waals surface area contributed by atoms with E-state index in [1.54, 1.807) is 0 Å². The fourth-order valence-electron chi connectivity index (χ4n) is 2.45. The first kappa shape index (κ1) is 21.9. The highest BCUT2D eigenvalue weighted by Gasteiger charge is 2.09. The Morgan fingerprint density at radius 3 is 2.12 bits per heavy atom. The molecule has 0 unspecified atom stereocenters. The summed E-state index contributed by atoms with van der Waals surface area (Å²) in [5.74, 6) is 0. The second-order valence-corrected chi connectivity index (χ2v) is 6.91. The van der Waals surface area contributed by atoms with E-state index in [1.807, 2.05) is 39.8 Å². The van der Waals surface area contributed by atoms with Gasteiger partial charge in [-0.25, -0.2) is 0 Å². The van der Waals surface area contributed by atoms with Crippen molar-refractivity contribution < 1.29 is 14.2 Å². The van der Waals surface area contributed by atoms with Crippen LogP contribution in [0.1, 0.15) is 65.4 Å². The van der Waals surface area contributed by atoms with Crippen molar-refractivity contribution in [2.45, 2.75) is 84.9 Å². The normalized spacial score (nSPS) is 12.1. The summed E-state index contributed by atoms with van der Waals surface area (Å²) in [6.07, 6.45) is 10.2. The van der Waals surface area contributed by atoms with Crippen LogP contribution in [0.15, 0.2) is 42.5 Å². The van der Waals surface area contributed by atoms with E-state index in [2.05, 4.69) is 30.3 Å². The van der Waals surface area contributed by atoms with Crippen molar-refractivity contribution in [2.24, 2.45) is 0 Å². The van der Waals surface area contributed by atoms with Crippen LogP contribution in [0.3, 0.4) is 0 Å². The molecule has 1 aromatic carbocycles. The zero-order valence-corrected chi connectivity index (χ0v) is 16.4. The molecule has 3 heteroatoms. The maximum absolute atomic E-state index is 5.74. The smallest absolute Gasteiger partial charge is 0.177 e. The fraction of sp³-hybridized carbons (Fsp3) is 0.636. The van der Waals surface area contributed by atoms with E-state index in [0.29, 0.717) is 0 Å². The molecular formula is C22H36O3. The first-order valence-corrected chi connectivity index (χ1v) is 9.67. The molecule has 0 aliphatic heterocycles. The van der Waals surface area contributed by atoms with Crippen LogP contribution in [0.5, 0.6) is 0 Å². The number of allylic oxidation sites excluding steroid dienone is 1. The van der Waals surface area contributed by atoms with Crippen molar-refractivity contribution in [1.29, 1.82) is 0 Å². The van der Waals surface area contributed by atoms with Crippen molar-refractivity contribution >= 4 is 0 Å². The van der Waals surface area contributed by atoms with Gasteiger partial charge < -0.3 is 14.2 Å². The molecule has 0 N–H and O–H groups in total. The highest BCUT2D eigenvalue weighted by atomic mass is 16.7. The predicted molar refractivity (Wildman–Crippen MR) is 105 cm³/mol. The molecule has 0 heterocycles. The Bertz CT molecular complexity index is 430. The largest absolute Gasteiger partial charge is 0.377 e. The van der Waals surface area contributed by atoms with E-state index in [9.17, 15) is 0 Å². The lowest BCUT2D eigenvalue weighted by atomic mass is 10.1. The van der Waals surface area contributed by atoms with Crippen LogP contribution in [-0.4, -0.2) is 25.1 Å². The minimum atomic E-state index is -0.230. The molecule has 0 fully saturated rings. The first-order valence-electron chi connectivity index (χ1n) is 9.67. The van der Waals surface area contributed by atoms with Crippen molar-refractivity contribution in [1.82, 2.24) is 0 Å². The van der Waals surface area contributed by atoms with Crippen LogP contribution in [0.2, 0.25) is 0 Å². The first-order chi connectivity index (χ1) is 12.1. The summed E-state index contributed by atoms with van der Waals surface area (Å²) < 4.78 is 17.2. The highest BCUT2D eigenvalue weighted by molar-refractivity contribution is 5.13. The van der Waals surface area contributed by atoms with Crippen molar-refractivity contribution in [3.05, 3.63) is 48.0 Å². The van der Waals surface area contributed by atoms with E-state index in [0.717, 1.165) is 26.1 Å². The Morgan fingerprint density at radius 2 is 1.48 bits per heavy atom. The van der Waals surface area contributed by atoms with Gasteiger partial charge in [0.15, 0.2) is 6.29 Å². The molecule has 0 bridgehead atoms. The van der Waals surface area contributed by atoms with Crippen LogP contribution in [0.4, 0.5) is 0 Å². The number of benzene rings is 1. The lowest BCUT2D eigenvalue weighted by Gasteiger charge is -2.20. The minimum Gasteiger partial charge on any atom is -0.377 e. The van der Waals surface area contributed by atoms with Gasteiger partial charge in [0.25, 0.3) is 0 Å². The topological polar surface area (TPSA) is 27.7 Å². The molecule has 3 nitrogen and oxygen atoms in total. The van der Waals surface area contributed by atoms with Crippen molar-refractivity contribution in [3.8, 4) is 0 Å². The van der Waals surface area contributed by atoms with E-state index < -0.39 is 0 Å². The van der Waals surface area contributed by atoms with Gasteiger partial charge >= 0.3 is 0 Å². The number of hydrogen-bond donors (Lipinski definition) is 0. The third-order valence-electron chi connectivity index (χ3n) is 3.63. The molecule has 142 valence electrons. The zero-order valence-electron chi connectivity index (χ0n) is 16.4. The molecule has 0 radical (unpaired) electrons. The van der Waals surface area contributed by atoms with Gasteiger partial charge in [-0.2, -0.15) is 0 Å². The minimum absolute atomic E-state index is 0.171. The second kappa shape index (κ2) is 14.1. The monoisotopic (exact) mass is 348 g/mol. The van der Waals surface area contributed by atoms with Crippen LogP contribution < -0.4 is 0 Å². The summed E-state index contributed by atoms with van der Waals surface area (Å²) >= 11 is 0. The lowest BCUT2D eigenvalue weighted by Crippen LogP contribution is -2.22. The molecule has 0 aliphatic rings. The molecule has 0 amide bonds. The standard InChI is InChI=1S/C22H36O3/c1-19(2)24-22(25-20(3)4)16-12-7-5-6-8-13-17-23-18-21-14-10-9-11-15-21/h9-12,14-16,19-20,22H,5-8,13,17-18H2,1-4H3. The van der Waals surface area contributed by atoms with Crippen LogP contribution in [0, 0.1) is 0 Å². The average Bonchev–Trinajstić information content (AvgIpc) is 2.56. The molecule has 1 aromatic rings. The summed E-state index contributed by atoms with van der Waals surface area (Å²) in [7, 11) is 0. The van der Waals surface area contributed by atoms with Gasteiger partial charge in [0, 0.05) is 6.61 Å². The summed E-state index contributed by atoms with van der Waals surface area (Å²) in [6, 6.07) is 10.3. The zero-order chi connectivity index (χ0) is 18.3. The predicted octanol–water partition coefficient (Wildman–Crippen LogP) is 5.89. The second-order valence-electron chi connectivity index (χ2n) is 6.91. The quantitative estimate of drug-likeness (QED) is 0.238. The number of unbranched alkanes of at least 4 members (excludes halogenated alkanes) is 4. The van der Waals surface area contributed by atoms with Crippen molar-refractivity contribution in [3.63, 3.8) is 0 Å². The Kier molecular flexibility index (Phi) is 12.3. The van der Waals surface area contributed by atoms with E-state index in [1.165, 1.54) is 24.8 Å². The Balaban J connectivity index is 2.01. The molecule has 0 spiro atoms. The lowest BCUT2D eigenvalue weighted by molar-refractivity contribution is -0.152. The van der Waals surface area contributed by atoms with Gasteiger partial charge in [0.05, 0.1) is 18.8 Å². The third kappa shape index (κ3) is 12.8. The Hall–Kier alpha value is -1.16. The summed E-state index contributed by atoms with van der Waals surface area (Å²) in [4.78, 5) is 0. The van der Waals surface area contributed by atoms with Crippen LogP contribution >= 0.6 is 0 Å². The molecular weight excluding hydrogens is 312 g/mol. The molecule has 0 saturated carbocycles. The van der Waals surface area contributed by atoms with E-state index in [4.69, 9.17) is 14.2 Å². The molecule has 0 saturated heterocycles. The van der Waals surface area contributed by atoms with Gasteiger partial charge in [-0.3, -0.25) is 0 Å². The molecule has 0 atom stereocenters. The number of ether oxygens (including phenoxy) is 3. The van der Waals surface area contributed by atoms with Crippen LogP contribution in [-0.2, 0) is 20.8 Å². The molecule has 0 aromatic heterocycles. The maximum atomic E-state index is 5.74. The SMILES string of the molecule is CC(C)OC(C=CCCCCCCOCc1ccccc1)OC(C)C. The highest BCUT2D eigenvalue weighted by Crippen LogP contribution is 2.09. The molecule has 25 heavy (non-hydrogen) atoms. The van der Waals surface area contributed by atoms with E-state index >= 15 is 0 Å². The van der Waals surface area contributed by atoms with Gasteiger partial charge in [-0.15, -0.1) is 0 Å². The van der Waals surface area contributed by atoms with Crippen LogP contribution in [0.25, 0.3) is 0 Å². The fourth-order valence-corrected chi connectivity index (χ4v) is 2.45.